The average molecular weight is 196 g/mol. The Kier molecular flexibility index (Phi) is 3.69. The van der Waals surface area contributed by atoms with E-state index in [2.05, 4.69) is 12.2 Å². The molecule has 14 heavy (non-hydrogen) atoms. The van der Waals surface area contributed by atoms with E-state index in [0.717, 1.165) is 25.9 Å². The van der Waals surface area contributed by atoms with Crippen molar-refractivity contribution in [3.63, 3.8) is 0 Å². The van der Waals surface area contributed by atoms with E-state index in [1.165, 1.54) is 0 Å². The molecule has 3 heteroatoms. The summed E-state index contributed by atoms with van der Waals surface area (Å²) in [6, 6.07) is 0. The fraction of sp³-hybridized carbons (Fsp3) is 0.727. The van der Waals surface area contributed by atoms with Crippen molar-refractivity contribution >= 4 is 5.91 Å². The molecule has 0 saturated carbocycles. The SMILES string of the molecule is CC(C)(N)CCC(=O)N1CC=CCC1. The first kappa shape index (κ1) is 11.2. The van der Waals surface area contributed by atoms with Gasteiger partial charge in [-0.15, -0.1) is 0 Å². The Balaban J connectivity index is 2.31. The van der Waals surface area contributed by atoms with E-state index in [-0.39, 0.29) is 11.4 Å². The van der Waals surface area contributed by atoms with E-state index in [1.807, 2.05) is 18.7 Å². The monoisotopic (exact) mass is 196 g/mol. The van der Waals surface area contributed by atoms with Gasteiger partial charge in [0, 0.05) is 25.0 Å². The minimum Gasteiger partial charge on any atom is -0.339 e. The number of carbonyl (C=O) groups excluding carboxylic acids is 1. The van der Waals surface area contributed by atoms with Gasteiger partial charge < -0.3 is 10.6 Å². The Bertz CT molecular complexity index is 228. The molecule has 1 rings (SSSR count). The molecule has 0 radical (unpaired) electrons. The zero-order valence-corrected chi connectivity index (χ0v) is 9.12. The summed E-state index contributed by atoms with van der Waals surface area (Å²) < 4.78 is 0. The minimum absolute atomic E-state index is 0.230. The second-order valence-electron chi connectivity index (χ2n) is 4.59. The summed E-state index contributed by atoms with van der Waals surface area (Å²) in [6.45, 7) is 5.54. The third kappa shape index (κ3) is 3.92. The van der Waals surface area contributed by atoms with Crippen LogP contribution < -0.4 is 5.73 Å². The number of rotatable bonds is 3. The van der Waals surface area contributed by atoms with Gasteiger partial charge in [0.25, 0.3) is 0 Å². The topological polar surface area (TPSA) is 46.3 Å². The number of nitrogens with zero attached hydrogens (tertiary/aromatic N) is 1. The van der Waals surface area contributed by atoms with E-state index >= 15 is 0 Å². The van der Waals surface area contributed by atoms with E-state index in [0.29, 0.717) is 6.42 Å². The molecule has 1 aliphatic heterocycles. The van der Waals surface area contributed by atoms with Crippen molar-refractivity contribution in [1.29, 1.82) is 0 Å². The first-order chi connectivity index (χ1) is 6.49. The molecule has 0 fully saturated rings. The molecule has 2 N–H and O–H groups in total. The molecule has 0 saturated heterocycles. The van der Waals surface area contributed by atoms with Gasteiger partial charge in [-0.05, 0) is 26.7 Å². The van der Waals surface area contributed by atoms with Crippen LogP contribution in [-0.4, -0.2) is 29.4 Å². The van der Waals surface area contributed by atoms with Gasteiger partial charge in [0.15, 0.2) is 0 Å². The van der Waals surface area contributed by atoms with Gasteiger partial charge in [-0.1, -0.05) is 12.2 Å². The van der Waals surface area contributed by atoms with Crippen LogP contribution in [0.1, 0.15) is 33.1 Å². The van der Waals surface area contributed by atoms with Gasteiger partial charge in [-0.2, -0.15) is 0 Å². The maximum Gasteiger partial charge on any atom is 0.222 e. The summed E-state index contributed by atoms with van der Waals surface area (Å²) in [4.78, 5) is 13.6. The van der Waals surface area contributed by atoms with Crippen LogP contribution in [0.25, 0.3) is 0 Å². The Hall–Kier alpha value is -0.830. The molecule has 3 nitrogen and oxygen atoms in total. The van der Waals surface area contributed by atoms with Crippen LogP contribution in [0, 0.1) is 0 Å². The standard InChI is InChI=1S/C11H20N2O/c1-11(2,12)7-6-10(14)13-8-4-3-5-9-13/h3-4H,5-9,12H2,1-2H3. The highest BCUT2D eigenvalue weighted by molar-refractivity contribution is 5.76. The summed E-state index contributed by atoms with van der Waals surface area (Å²) in [5, 5.41) is 0. The molecule has 0 unspecified atom stereocenters. The zero-order chi connectivity index (χ0) is 10.6. The van der Waals surface area contributed by atoms with E-state index in [1.54, 1.807) is 0 Å². The fourth-order valence-corrected chi connectivity index (χ4v) is 1.46. The van der Waals surface area contributed by atoms with Crippen molar-refractivity contribution in [3.05, 3.63) is 12.2 Å². The van der Waals surface area contributed by atoms with Crippen LogP contribution in [-0.2, 0) is 4.79 Å². The zero-order valence-electron chi connectivity index (χ0n) is 9.12. The highest BCUT2D eigenvalue weighted by atomic mass is 16.2. The van der Waals surface area contributed by atoms with Crippen molar-refractivity contribution in [1.82, 2.24) is 4.90 Å². The van der Waals surface area contributed by atoms with Crippen LogP contribution in [0.5, 0.6) is 0 Å². The Morgan fingerprint density at radius 2 is 2.21 bits per heavy atom. The number of nitrogens with two attached hydrogens (primary N) is 1. The lowest BCUT2D eigenvalue weighted by Crippen LogP contribution is -2.37. The lowest BCUT2D eigenvalue weighted by Gasteiger charge is -2.25. The summed E-state index contributed by atoms with van der Waals surface area (Å²) in [5.74, 6) is 0.230. The maximum atomic E-state index is 11.7. The summed E-state index contributed by atoms with van der Waals surface area (Å²) in [5.41, 5.74) is 5.59. The van der Waals surface area contributed by atoms with Gasteiger partial charge in [-0.3, -0.25) is 4.79 Å². The van der Waals surface area contributed by atoms with Crippen LogP contribution in [0.2, 0.25) is 0 Å². The highest BCUT2D eigenvalue weighted by Gasteiger charge is 2.17. The predicted molar refractivity (Wildman–Crippen MR) is 57.8 cm³/mol. The quantitative estimate of drug-likeness (QED) is 0.691. The minimum atomic E-state index is -0.235. The molecule has 1 aliphatic rings. The van der Waals surface area contributed by atoms with Crippen molar-refractivity contribution in [2.45, 2.75) is 38.6 Å². The third-order valence-electron chi connectivity index (χ3n) is 2.39. The van der Waals surface area contributed by atoms with Crippen LogP contribution >= 0.6 is 0 Å². The summed E-state index contributed by atoms with van der Waals surface area (Å²) in [7, 11) is 0. The second kappa shape index (κ2) is 4.60. The number of carbonyl (C=O) groups is 1. The van der Waals surface area contributed by atoms with Crippen LogP contribution in [0.4, 0.5) is 0 Å². The first-order valence-electron chi connectivity index (χ1n) is 5.21. The third-order valence-corrected chi connectivity index (χ3v) is 2.39. The van der Waals surface area contributed by atoms with Gasteiger partial charge in [0.2, 0.25) is 5.91 Å². The van der Waals surface area contributed by atoms with Gasteiger partial charge >= 0.3 is 0 Å². The van der Waals surface area contributed by atoms with Crippen molar-refractivity contribution in [2.24, 2.45) is 5.73 Å². The maximum absolute atomic E-state index is 11.7. The summed E-state index contributed by atoms with van der Waals surface area (Å²) in [6.07, 6.45) is 6.48. The van der Waals surface area contributed by atoms with Crippen LogP contribution in [0.3, 0.4) is 0 Å². The molecular formula is C11H20N2O. The molecule has 0 aliphatic carbocycles. The molecule has 0 aromatic carbocycles. The molecule has 1 heterocycles. The van der Waals surface area contributed by atoms with E-state index in [4.69, 9.17) is 5.73 Å². The first-order valence-corrected chi connectivity index (χ1v) is 5.21. The van der Waals surface area contributed by atoms with E-state index < -0.39 is 0 Å². The fourth-order valence-electron chi connectivity index (χ4n) is 1.46. The lowest BCUT2D eigenvalue weighted by molar-refractivity contribution is -0.131. The Morgan fingerprint density at radius 1 is 1.50 bits per heavy atom. The Labute approximate surface area is 86.0 Å². The van der Waals surface area contributed by atoms with Gasteiger partial charge in [0.1, 0.15) is 0 Å². The van der Waals surface area contributed by atoms with Crippen LogP contribution in [0.15, 0.2) is 12.2 Å². The Morgan fingerprint density at radius 3 is 2.71 bits per heavy atom. The number of hydrogen-bond donors (Lipinski definition) is 1. The average Bonchev–Trinajstić information content (AvgIpc) is 2.14. The normalized spacial score (nSPS) is 17.2. The van der Waals surface area contributed by atoms with Crippen molar-refractivity contribution in [2.75, 3.05) is 13.1 Å². The largest absolute Gasteiger partial charge is 0.339 e. The molecule has 80 valence electrons. The molecule has 0 spiro atoms. The van der Waals surface area contributed by atoms with Gasteiger partial charge in [0.05, 0.1) is 0 Å². The van der Waals surface area contributed by atoms with Gasteiger partial charge in [-0.25, -0.2) is 0 Å². The number of amides is 1. The second-order valence-corrected chi connectivity index (χ2v) is 4.59. The summed E-state index contributed by atoms with van der Waals surface area (Å²) >= 11 is 0. The highest BCUT2D eigenvalue weighted by Crippen LogP contribution is 2.10. The predicted octanol–water partition coefficient (Wildman–Crippen LogP) is 1.29. The molecule has 0 aromatic rings. The molecule has 0 bridgehead atoms. The molecule has 1 amide bonds. The molecule has 0 atom stereocenters. The molecule has 0 aromatic heterocycles. The van der Waals surface area contributed by atoms with E-state index in [9.17, 15) is 4.79 Å². The molecular weight excluding hydrogens is 176 g/mol. The lowest BCUT2D eigenvalue weighted by atomic mass is 9.99. The van der Waals surface area contributed by atoms with Crippen molar-refractivity contribution < 1.29 is 4.79 Å². The van der Waals surface area contributed by atoms with Crippen molar-refractivity contribution in [3.8, 4) is 0 Å². The smallest absolute Gasteiger partial charge is 0.222 e. The number of hydrogen-bond acceptors (Lipinski definition) is 2.